The van der Waals surface area contributed by atoms with Crippen LogP contribution in [0.2, 0.25) is 0 Å². The van der Waals surface area contributed by atoms with E-state index < -0.39 is 0 Å². The van der Waals surface area contributed by atoms with Crippen LogP contribution in [0.15, 0.2) is 16.8 Å². The number of unbranched alkanes of at least 4 members (excludes halogenated alkanes) is 2. The lowest BCUT2D eigenvalue weighted by molar-refractivity contribution is 0.315. The highest BCUT2D eigenvalue weighted by molar-refractivity contribution is 5.89. The van der Waals surface area contributed by atoms with Crippen molar-refractivity contribution >= 4 is 16.7 Å². The van der Waals surface area contributed by atoms with Gasteiger partial charge < -0.3 is 5.32 Å². The van der Waals surface area contributed by atoms with Crippen molar-refractivity contribution in [3.63, 3.8) is 0 Å². The van der Waals surface area contributed by atoms with E-state index in [2.05, 4.69) is 48.5 Å². The summed E-state index contributed by atoms with van der Waals surface area (Å²) in [4.78, 5) is 0. The largest absolute Gasteiger partial charge is 0.383 e. The molecule has 0 saturated carbocycles. The fraction of sp³-hybridized carbons (Fsp3) is 0.625. The average molecular weight is 275 g/mol. The van der Waals surface area contributed by atoms with E-state index in [0.29, 0.717) is 5.41 Å². The van der Waals surface area contributed by atoms with Crippen LogP contribution in [0.4, 0.5) is 5.69 Å². The molecule has 1 heterocycles. The number of aryl methyl sites for hydroxylation is 1. The molecule has 1 aromatic carbocycles. The second-order valence-corrected chi connectivity index (χ2v) is 6.69. The second-order valence-electron chi connectivity index (χ2n) is 6.69. The molecule has 0 bridgehead atoms. The number of fused-ring (bicyclic) bond motifs is 1. The van der Waals surface area contributed by atoms with Crippen LogP contribution in [0.3, 0.4) is 0 Å². The van der Waals surface area contributed by atoms with Crippen LogP contribution in [0.5, 0.6) is 0 Å². The van der Waals surface area contributed by atoms with Gasteiger partial charge in [0.15, 0.2) is 5.52 Å². The van der Waals surface area contributed by atoms with Crippen molar-refractivity contribution in [1.29, 1.82) is 0 Å². The number of anilines is 1. The molecule has 20 heavy (non-hydrogen) atoms. The Morgan fingerprint density at radius 2 is 1.80 bits per heavy atom. The van der Waals surface area contributed by atoms with E-state index in [-0.39, 0.29) is 0 Å². The van der Waals surface area contributed by atoms with Gasteiger partial charge in [-0.05, 0) is 47.1 Å². The Labute approximate surface area is 120 Å². The molecule has 4 heteroatoms. The van der Waals surface area contributed by atoms with E-state index >= 15 is 0 Å². The Morgan fingerprint density at radius 3 is 2.55 bits per heavy atom. The standard InChI is InChI=1S/C16H25N3O/c1-12-8-9-13(15-14(12)18-20-19-15)17-11-7-5-6-10-16(2,3)4/h8-9,17H,5-7,10-11H2,1-4H3. The molecule has 0 aliphatic heterocycles. The lowest BCUT2D eigenvalue weighted by Gasteiger charge is -2.17. The number of nitrogens with zero attached hydrogens (tertiary/aromatic N) is 2. The predicted octanol–water partition coefficient (Wildman–Crippen LogP) is 4.55. The summed E-state index contributed by atoms with van der Waals surface area (Å²) in [7, 11) is 0. The predicted molar refractivity (Wildman–Crippen MR) is 83.0 cm³/mol. The first kappa shape index (κ1) is 14.8. The molecule has 110 valence electrons. The number of rotatable bonds is 6. The van der Waals surface area contributed by atoms with Crippen molar-refractivity contribution < 1.29 is 4.63 Å². The zero-order valence-electron chi connectivity index (χ0n) is 13.0. The third-order valence-electron chi connectivity index (χ3n) is 3.54. The summed E-state index contributed by atoms with van der Waals surface area (Å²) < 4.78 is 4.83. The molecule has 0 aliphatic carbocycles. The van der Waals surface area contributed by atoms with E-state index in [1.807, 2.05) is 6.92 Å². The highest BCUT2D eigenvalue weighted by atomic mass is 16.6. The molecule has 0 fully saturated rings. The number of nitrogens with one attached hydrogen (secondary N) is 1. The molecule has 1 aromatic heterocycles. The summed E-state index contributed by atoms with van der Waals surface area (Å²) in [6.07, 6.45) is 5.02. The first-order valence-corrected chi connectivity index (χ1v) is 7.43. The number of hydrogen-bond acceptors (Lipinski definition) is 4. The maximum atomic E-state index is 4.83. The molecule has 0 spiro atoms. The van der Waals surface area contributed by atoms with E-state index in [1.54, 1.807) is 0 Å². The van der Waals surface area contributed by atoms with Gasteiger partial charge in [-0.15, -0.1) is 0 Å². The van der Waals surface area contributed by atoms with Gasteiger partial charge in [0.25, 0.3) is 0 Å². The summed E-state index contributed by atoms with van der Waals surface area (Å²) in [5.74, 6) is 0. The molecule has 2 rings (SSSR count). The van der Waals surface area contributed by atoms with Crippen molar-refractivity contribution in [3.8, 4) is 0 Å². The third kappa shape index (κ3) is 3.95. The van der Waals surface area contributed by atoms with Gasteiger partial charge in [0, 0.05) is 6.54 Å². The van der Waals surface area contributed by atoms with Crippen molar-refractivity contribution in [2.24, 2.45) is 5.41 Å². The summed E-state index contributed by atoms with van der Waals surface area (Å²) in [5, 5.41) is 11.4. The molecule has 2 aromatic rings. The first-order valence-electron chi connectivity index (χ1n) is 7.43. The van der Waals surface area contributed by atoms with Crippen LogP contribution in [-0.2, 0) is 0 Å². The maximum absolute atomic E-state index is 4.83. The topological polar surface area (TPSA) is 51.0 Å². The molecular weight excluding hydrogens is 250 g/mol. The van der Waals surface area contributed by atoms with Crippen LogP contribution < -0.4 is 5.32 Å². The Kier molecular flexibility index (Phi) is 4.63. The Balaban J connectivity index is 1.79. The van der Waals surface area contributed by atoms with Crippen molar-refractivity contribution in [2.45, 2.75) is 53.4 Å². The van der Waals surface area contributed by atoms with Gasteiger partial charge in [0.05, 0.1) is 5.69 Å². The molecule has 0 radical (unpaired) electrons. The number of benzene rings is 1. The van der Waals surface area contributed by atoms with Gasteiger partial charge in [0.2, 0.25) is 0 Å². The van der Waals surface area contributed by atoms with E-state index in [4.69, 9.17) is 4.63 Å². The summed E-state index contributed by atoms with van der Waals surface area (Å²) >= 11 is 0. The molecule has 0 aliphatic rings. The minimum absolute atomic E-state index is 0.447. The van der Waals surface area contributed by atoms with Crippen molar-refractivity contribution in [2.75, 3.05) is 11.9 Å². The second kappa shape index (κ2) is 6.25. The maximum Gasteiger partial charge on any atom is 0.158 e. The van der Waals surface area contributed by atoms with E-state index in [1.165, 1.54) is 25.7 Å². The Hall–Kier alpha value is -1.58. The molecule has 0 saturated heterocycles. The normalized spacial score (nSPS) is 12.0. The Morgan fingerprint density at radius 1 is 1.05 bits per heavy atom. The number of aromatic nitrogens is 2. The van der Waals surface area contributed by atoms with Gasteiger partial charge in [-0.1, -0.05) is 39.7 Å². The van der Waals surface area contributed by atoms with E-state index in [9.17, 15) is 0 Å². The van der Waals surface area contributed by atoms with Gasteiger partial charge in [-0.3, -0.25) is 0 Å². The molecule has 0 unspecified atom stereocenters. The first-order chi connectivity index (χ1) is 9.47. The SMILES string of the molecule is Cc1ccc(NCCCCCC(C)(C)C)c2nonc12. The smallest absolute Gasteiger partial charge is 0.158 e. The van der Waals surface area contributed by atoms with Crippen LogP contribution >= 0.6 is 0 Å². The fourth-order valence-corrected chi connectivity index (χ4v) is 2.31. The molecular formula is C16H25N3O. The minimum Gasteiger partial charge on any atom is -0.383 e. The monoisotopic (exact) mass is 275 g/mol. The summed E-state index contributed by atoms with van der Waals surface area (Å²) in [5.41, 5.74) is 4.24. The lowest BCUT2D eigenvalue weighted by Crippen LogP contribution is -2.06. The third-order valence-corrected chi connectivity index (χ3v) is 3.54. The minimum atomic E-state index is 0.447. The summed E-state index contributed by atoms with van der Waals surface area (Å²) in [6, 6.07) is 4.10. The van der Waals surface area contributed by atoms with Crippen molar-refractivity contribution in [1.82, 2.24) is 10.3 Å². The lowest BCUT2D eigenvalue weighted by atomic mass is 9.89. The highest BCUT2D eigenvalue weighted by Crippen LogP contribution is 2.24. The molecule has 1 N–H and O–H groups in total. The van der Waals surface area contributed by atoms with Crippen LogP contribution in [0, 0.1) is 12.3 Å². The van der Waals surface area contributed by atoms with Crippen LogP contribution in [-0.4, -0.2) is 16.9 Å². The molecule has 4 nitrogen and oxygen atoms in total. The van der Waals surface area contributed by atoms with E-state index in [0.717, 1.165) is 28.8 Å². The van der Waals surface area contributed by atoms with Gasteiger partial charge >= 0.3 is 0 Å². The van der Waals surface area contributed by atoms with Gasteiger partial charge in [-0.25, -0.2) is 4.63 Å². The Bertz CT molecular complexity index is 554. The van der Waals surface area contributed by atoms with Crippen LogP contribution in [0.1, 0.15) is 52.0 Å². The highest BCUT2D eigenvalue weighted by Gasteiger charge is 2.10. The fourth-order valence-electron chi connectivity index (χ4n) is 2.31. The van der Waals surface area contributed by atoms with Crippen LogP contribution in [0.25, 0.3) is 11.0 Å². The zero-order valence-corrected chi connectivity index (χ0v) is 13.0. The van der Waals surface area contributed by atoms with Gasteiger partial charge in [-0.2, -0.15) is 0 Å². The molecule has 0 atom stereocenters. The van der Waals surface area contributed by atoms with Crippen molar-refractivity contribution in [3.05, 3.63) is 17.7 Å². The molecule has 0 amide bonds. The average Bonchev–Trinajstić information content (AvgIpc) is 2.85. The quantitative estimate of drug-likeness (QED) is 0.786. The van der Waals surface area contributed by atoms with Gasteiger partial charge in [0.1, 0.15) is 5.52 Å². The zero-order chi connectivity index (χ0) is 14.6. The summed E-state index contributed by atoms with van der Waals surface area (Å²) in [6.45, 7) is 9.88. The number of hydrogen-bond donors (Lipinski definition) is 1.